The molecule has 8 fully saturated rings. The van der Waals surface area contributed by atoms with Crippen LogP contribution >= 0.6 is 0 Å². The van der Waals surface area contributed by atoms with Crippen LogP contribution in [0.15, 0.2) is 12.2 Å². The molecule has 2 spiro atoms. The maximum absolute atomic E-state index is 13.5. The van der Waals surface area contributed by atoms with Gasteiger partial charge in [0, 0.05) is 23.2 Å². The van der Waals surface area contributed by atoms with Crippen molar-refractivity contribution in [3.8, 4) is 0 Å². The average molecular weight is 362 g/mol. The molecule has 0 aromatic carbocycles. The summed E-state index contributed by atoms with van der Waals surface area (Å²) in [7, 11) is 0. The number of carbonyl (C=O) groups is 1. The first-order valence-corrected chi connectivity index (χ1v) is 9.79. The van der Waals surface area contributed by atoms with Crippen LogP contribution in [0.2, 0.25) is 0 Å². The van der Waals surface area contributed by atoms with Crippen molar-refractivity contribution in [2.24, 2.45) is 34.0 Å². The Morgan fingerprint density at radius 3 is 2.65 bits per heavy atom. The standard InChI is InChI=1S/C20H26O6/c1-8-9-7-10(21)11-18-6-4-5-17(2,3)12(18)14(23)20(24)19(11,13(8)22)15(9)25-16(18)26-20/h9-12,14-16,21,23-24H,1,4-7H2,2-3H3/t9-,10-,11+,12+,14-,15-,16-,18+,19-,20+/m0/s1. The maximum atomic E-state index is 13.5. The molecule has 3 N–H and O–H groups in total. The number of aliphatic hydroxyl groups is 3. The molecule has 0 aromatic rings. The van der Waals surface area contributed by atoms with Gasteiger partial charge in [-0.05, 0) is 30.3 Å². The third-order valence-corrected chi connectivity index (χ3v) is 9.04. The molecule has 0 amide bonds. The van der Waals surface area contributed by atoms with E-state index >= 15 is 0 Å². The van der Waals surface area contributed by atoms with Crippen molar-refractivity contribution < 1.29 is 29.6 Å². The van der Waals surface area contributed by atoms with E-state index in [-0.39, 0.29) is 23.0 Å². The predicted octanol–water partition coefficient (Wildman–Crippen LogP) is 0.740. The van der Waals surface area contributed by atoms with Gasteiger partial charge in [-0.25, -0.2) is 0 Å². The number of ether oxygens (including phenoxy) is 2. The second-order valence-corrected chi connectivity index (χ2v) is 10.2. The van der Waals surface area contributed by atoms with Crippen molar-refractivity contribution in [1.82, 2.24) is 0 Å². The van der Waals surface area contributed by atoms with E-state index in [1.807, 2.05) is 0 Å². The fourth-order valence-corrected chi connectivity index (χ4v) is 8.49. The summed E-state index contributed by atoms with van der Waals surface area (Å²) in [6, 6.07) is 0. The average Bonchev–Trinajstić information content (AvgIpc) is 2.70. The zero-order valence-electron chi connectivity index (χ0n) is 15.1. The smallest absolute Gasteiger partial charge is 0.211 e. The lowest BCUT2D eigenvalue weighted by molar-refractivity contribution is -0.554. The number of ketones is 1. The molecular weight excluding hydrogens is 336 g/mol. The van der Waals surface area contributed by atoms with Gasteiger partial charge in [0.05, 0.1) is 12.2 Å². The third-order valence-electron chi connectivity index (χ3n) is 9.04. The van der Waals surface area contributed by atoms with E-state index in [0.29, 0.717) is 12.0 Å². The second kappa shape index (κ2) is 4.13. The van der Waals surface area contributed by atoms with Gasteiger partial charge < -0.3 is 24.8 Å². The van der Waals surface area contributed by atoms with E-state index < -0.39 is 47.1 Å². The van der Waals surface area contributed by atoms with Crippen molar-refractivity contribution in [3.63, 3.8) is 0 Å². The van der Waals surface area contributed by atoms with Crippen molar-refractivity contribution >= 4 is 5.78 Å². The van der Waals surface area contributed by atoms with Gasteiger partial charge in [-0.2, -0.15) is 0 Å². The number of hydrogen-bond donors (Lipinski definition) is 3. The SMILES string of the molecule is C=C1C(=O)[C@@]23[C@@H]4[C@@H](O)C[C@@H]1[C@@H]2O[C@H]1O[C@]3(O)[C@@H](O)[C@@H]2C(C)(C)CCC[C@]124. The van der Waals surface area contributed by atoms with Crippen LogP contribution in [0.3, 0.4) is 0 Å². The Balaban J connectivity index is 1.70. The normalized spacial score (nSPS) is 64.0. The highest BCUT2D eigenvalue weighted by atomic mass is 16.8. The molecule has 10 atom stereocenters. The van der Waals surface area contributed by atoms with E-state index in [9.17, 15) is 20.1 Å². The minimum Gasteiger partial charge on any atom is -0.393 e. The molecule has 8 aliphatic rings. The van der Waals surface area contributed by atoms with Crippen LogP contribution in [0.4, 0.5) is 0 Å². The largest absolute Gasteiger partial charge is 0.393 e. The van der Waals surface area contributed by atoms with Gasteiger partial charge >= 0.3 is 0 Å². The van der Waals surface area contributed by atoms with Gasteiger partial charge in [-0.3, -0.25) is 4.79 Å². The summed E-state index contributed by atoms with van der Waals surface area (Å²) in [5, 5.41) is 34.3. The third kappa shape index (κ3) is 1.21. The quantitative estimate of drug-likeness (QED) is 0.550. The monoisotopic (exact) mass is 362 g/mol. The van der Waals surface area contributed by atoms with Crippen LogP contribution in [-0.2, 0) is 14.3 Å². The molecule has 26 heavy (non-hydrogen) atoms. The second-order valence-electron chi connectivity index (χ2n) is 10.2. The number of aliphatic hydroxyl groups excluding tert-OH is 2. The highest BCUT2D eigenvalue weighted by Gasteiger charge is 2.92. The zero-order chi connectivity index (χ0) is 18.4. The molecule has 4 saturated heterocycles. The number of Topliss-reactive ketones (excluding diaryl/α,β-unsaturated/α-hetero) is 1. The lowest BCUT2D eigenvalue weighted by Crippen LogP contribution is -2.91. The van der Waals surface area contributed by atoms with Crippen LogP contribution in [0.25, 0.3) is 0 Å². The zero-order valence-corrected chi connectivity index (χ0v) is 15.1. The van der Waals surface area contributed by atoms with Gasteiger partial charge in [0.1, 0.15) is 11.5 Å². The minimum atomic E-state index is -2.03. The molecule has 0 aromatic heterocycles. The van der Waals surface area contributed by atoms with Gasteiger partial charge in [-0.15, -0.1) is 0 Å². The van der Waals surface area contributed by atoms with Crippen LogP contribution in [0, 0.1) is 34.0 Å². The fraction of sp³-hybridized carbons (Fsp3) is 0.850. The topological polar surface area (TPSA) is 96.2 Å². The molecule has 142 valence electrons. The number of carbonyl (C=O) groups excluding carboxylic acids is 1. The maximum Gasteiger partial charge on any atom is 0.211 e. The van der Waals surface area contributed by atoms with Crippen LogP contribution in [0.5, 0.6) is 0 Å². The van der Waals surface area contributed by atoms with Crippen LogP contribution in [-0.4, -0.2) is 51.5 Å². The first-order chi connectivity index (χ1) is 12.1. The molecule has 6 heteroatoms. The summed E-state index contributed by atoms with van der Waals surface area (Å²) < 4.78 is 12.3. The van der Waals surface area contributed by atoms with Crippen LogP contribution < -0.4 is 0 Å². The van der Waals surface area contributed by atoms with Gasteiger partial charge in [-0.1, -0.05) is 26.8 Å². The molecule has 6 nitrogen and oxygen atoms in total. The number of rotatable bonds is 0. The fourth-order valence-electron chi connectivity index (χ4n) is 8.49. The summed E-state index contributed by atoms with van der Waals surface area (Å²) in [6.45, 7) is 8.16. The molecule has 0 unspecified atom stereocenters. The van der Waals surface area contributed by atoms with E-state index in [2.05, 4.69) is 20.4 Å². The lowest BCUT2D eigenvalue weighted by Gasteiger charge is -2.79. The lowest BCUT2D eigenvalue weighted by atomic mass is 9.34. The predicted molar refractivity (Wildman–Crippen MR) is 88.4 cm³/mol. The summed E-state index contributed by atoms with van der Waals surface area (Å²) in [6.07, 6.45) is -0.195. The Labute approximate surface area is 152 Å². The minimum absolute atomic E-state index is 0.249. The van der Waals surface area contributed by atoms with Gasteiger partial charge in [0.15, 0.2) is 12.1 Å². The molecule has 4 aliphatic carbocycles. The van der Waals surface area contributed by atoms with E-state index in [1.165, 1.54) is 0 Å². The van der Waals surface area contributed by atoms with E-state index in [4.69, 9.17) is 9.47 Å². The van der Waals surface area contributed by atoms with E-state index in [1.54, 1.807) is 0 Å². The van der Waals surface area contributed by atoms with Crippen molar-refractivity contribution in [2.45, 2.75) is 69.9 Å². The highest BCUT2D eigenvalue weighted by Crippen LogP contribution is 2.81. The molecule has 8 rings (SSSR count). The number of hydrogen-bond acceptors (Lipinski definition) is 6. The summed E-state index contributed by atoms with van der Waals surface area (Å²) in [4.78, 5) is 13.5. The molecule has 7 bridgehead atoms. The Morgan fingerprint density at radius 2 is 1.92 bits per heavy atom. The first kappa shape index (κ1) is 16.2. The molecule has 0 radical (unpaired) electrons. The van der Waals surface area contributed by atoms with Crippen molar-refractivity contribution in [1.29, 1.82) is 0 Å². The Kier molecular flexibility index (Phi) is 2.57. The van der Waals surface area contributed by atoms with Crippen molar-refractivity contribution in [2.75, 3.05) is 0 Å². The summed E-state index contributed by atoms with van der Waals surface area (Å²) >= 11 is 0. The first-order valence-electron chi connectivity index (χ1n) is 9.79. The molecule has 4 saturated carbocycles. The Bertz CT molecular complexity index is 761. The van der Waals surface area contributed by atoms with Crippen molar-refractivity contribution in [3.05, 3.63) is 12.2 Å². The summed E-state index contributed by atoms with van der Waals surface area (Å²) in [5.74, 6) is -3.38. The van der Waals surface area contributed by atoms with Gasteiger partial charge in [0.2, 0.25) is 5.79 Å². The highest BCUT2D eigenvalue weighted by molar-refractivity contribution is 6.05. The molecule has 4 heterocycles. The summed E-state index contributed by atoms with van der Waals surface area (Å²) in [5.41, 5.74) is -1.95. The Hall–Kier alpha value is -0.790. The Morgan fingerprint density at radius 1 is 1.19 bits per heavy atom. The van der Waals surface area contributed by atoms with Crippen LogP contribution in [0.1, 0.15) is 39.5 Å². The molecular formula is C20H26O6. The molecule has 4 aliphatic heterocycles. The van der Waals surface area contributed by atoms with Gasteiger partial charge in [0.25, 0.3) is 0 Å². The van der Waals surface area contributed by atoms with E-state index in [0.717, 1.165) is 19.3 Å².